The van der Waals surface area contributed by atoms with Crippen molar-refractivity contribution in [1.82, 2.24) is 30.0 Å². The van der Waals surface area contributed by atoms with Crippen LogP contribution in [0.1, 0.15) is 5.01 Å². The highest BCUT2D eigenvalue weighted by atomic mass is 35.5. The molecule has 0 saturated heterocycles. The van der Waals surface area contributed by atoms with E-state index in [-0.39, 0.29) is 5.56 Å². The number of benzene rings is 1. The average Bonchev–Trinajstić information content (AvgIpc) is 3.28. The molecular weight excluding hydrogens is 410 g/mol. The minimum Gasteiger partial charge on any atom is -0.390 e. The molecule has 10 heteroatoms. The van der Waals surface area contributed by atoms with Crippen molar-refractivity contribution in [2.45, 2.75) is 6.92 Å². The van der Waals surface area contributed by atoms with E-state index in [0.717, 1.165) is 20.9 Å². The van der Waals surface area contributed by atoms with E-state index in [1.165, 1.54) is 15.9 Å². The quantitative estimate of drug-likeness (QED) is 0.506. The van der Waals surface area contributed by atoms with Crippen LogP contribution in [0, 0.1) is 6.92 Å². The Morgan fingerprint density at radius 3 is 2.90 bits per heavy atom. The number of H-pyrrole nitrogens is 1. The van der Waals surface area contributed by atoms with Gasteiger partial charge in [0.15, 0.2) is 5.65 Å². The van der Waals surface area contributed by atoms with Crippen LogP contribution < -0.4 is 15.8 Å². The van der Waals surface area contributed by atoms with Gasteiger partial charge in [-0.15, -0.1) is 11.3 Å². The third kappa shape index (κ3) is 3.16. The molecule has 0 saturated carbocycles. The Balaban J connectivity index is 1.89. The molecular formula is C19H20ClN7OS. The normalized spacial score (nSPS) is 11.3. The molecule has 3 heterocycles. The summed E-state index contributed by atoms with van der Waals surface area (Å²) in [6.45, 7) is 6.37. The first kappa shape index (κ1) is 19.4. The van der Waals surface area contributed by atoms with Gasteiger partial charge < -0.3 is 10.2 Å². The number of aromatic amines is 1. The highest BCUT2D eigenvalue weighted by molar-refractivity contribution is 7.19. The van der Waals surface area contributed by atoms with Gasteiger partial charge in [-0.3, -0.25) is 14.5 Å². The van der Waals surface area contributed by atoms with E-state index in [1.807, 2.05) is 31.0 Å². The van der Waals surface area contributed by atoms with Crippen LogP contribution in [0.15, 0.2) is 29.2 Å². The van der Waals surface area contributed by atoms with Crippen LogP contribution in [0.25, 0.3) is 32.5 Å². The number of thiazole rings is 1. The molecule has 3 aromatic heterocycles. The molecule has 0 aliphatic carbocycles. The van der Waals surface area contributed by atoms with Crippen LogP contribution in [0.4, 0.5) is 5.95 Å². The van der Waals surface area contributed by atoms with Crippen LogP contribution in [0.5, 0.6) is 0 Å². The lowest BCUT2D eigenvalue weighted by atomic mass is 10.1. The van der Waals surface area contributed by atoms with Crippen molar-refractivity contribution < 1.29 is 0 Å². The molecule has 0 atom stereocenters. The Bertz CT molecular complexity index is 1320. The van der Waals surface area contributed by atoms with Crippen LogP contribution >= 0.6 is 22.9 Å². The molecule has 4 aromatic rings. The van der Waals surface area contributed by atoms with Gasteiger partial charge in [-0.25, -0.2) is 4.98 Å². The molecule has 0 unspecified atom stereocenters. The summed E-state index contributed by atoms with van der Waals surface area (Å²) in [6, 6.07) is 3.74. The Morgan fingerprint density at radius 1 is 1.41 bits per heavy atom. The third-order valence-corrected chi connectivity index (χ3v) is 6.27. The van der Waals surface area contributed by atoms with Crippen molar-refractivity contribution >= 4 is 50.1 Å². The molecule has 0 radical (unpaired) electrons. The van der Waals surface area contributed by atoms with Gasteiger partial charge >= 0.3 is 0 Å². The first-order valence-corrected chi connectivity index (χ1v) is 10.1. The van der Waals surface area contributed by atoms with Crippen molar-refractivity contribution in [2.24, 2.45) is 7.05 Å². The second-order valence-corrected chi connectivity index (χ2v) is 8.37. The van der Waals surface area contributed by atoms with Gasteiger partial charge in [-0.1, -0.05) is 18.2 Å². The molecule has 8 nitrogen and oxygen atoms in total. The lowest BCUT2D eigenvalue weighted by molar-refractivity contribution is 0.770. The van der Waals surface area contributed by atoms with Crippen LogP contribution in [0.3, 0.4) is 0 Å². The Morgan fingerprint density at radius 2 is 2.17 bits per heavy atom. The molecule has 150 valence electrons. The molecule has 29 heavy (non-hydrogen) atoms. The third-order valence-electron chi connectivity index (χ3n) is 4.76. The monoisotopic (exact) mass is 429 g/mol. The largest absolute Gasteiger partial charge is 0.390 e. The van der Waals surface area contributed by atoms with Crippen molar-refractivity contribution in [3.63, 3.8) is 0 Å². The number of aryl methyl sites for hydroxylation is 1. The van der Waals surface area contributed by atoms with Crippen molar-refractivity contribution in [2.75, 3.05) is 25.5 Å². The Labute approximate surface area is 175 Å². The highest BCUT2D eigenvalue weighted by Gasteiger charge is 2.21. The standard InChI is InChI=1S/C19H20ClN7OS/c1-9(21-3)8-26(4)19-23-17-13(18(28)27(19)5)15(24-25-17)11-6-7-12-16(14(11)20)29-10(2)22-12/h6-7,21H,1,8H2,2-5H3,(H,24,25). The van der Waals surface area contributed by atoms with E-state index in [0.29, 0.717) is 39.8 Å². The summed E-state index contributed by atoms with van der Waals surface area (Å²) < 4.78 is 2.39. The molecule has 0 aliphatic heterocycles. The molecule has 0 amide bonds. The zero-order chi connectivity index (χ0) is 20.9. The molecule has 4 rings (SSSR count). The second kappa shape index (κ2) is 7.16. The summed E-state index contributed by atoms with van der Waals surface area (Å²) in [6.07, 6.45) is 0. The molecule has 0 fully saturated rings. The van der Waals surface area contributed by atoms with Crippen molar-refractivity contribution in [1.29, 1.82) is 0 Å². The van der Waals surface area contributed by atoms with Crippen molar-refractivity contribution in [3.8, 4) is 11.3 Å². The Hall–Kier alpha value is -2.91. The predicted octanol–water partition coefficient (Wildman–Crippen LogP) is 3.06. The van der Waals surface area contributed by atoms with Gasteiger partial charge in [0.25, 0.3) is 5.56 Å². The molecule has 2 N–H and O–H groups in total. The summed E-state index contributed by atoms with van der Waals surface area (Å²) >= 11 is 8.17. The SMILES string of the molecule is C=C(CN(C)c1nc2[nH]nc(-c3ccc4nc(C)sc4c3Cl)c2c(=O)n1C)NC. The maximum absolute atomic E-state index is 13.2. The van der Waals surface area contributed by atoms with Crippen LogP contribution in [-0.4, -0.2) is 45.4 Å². The summed E-state index contributed by atoms with van der Waals surface area (Å²) in [4.78, 5) is 24.1. The molecule has 0 bridgehead atoms. The van der Waals surface area contributed by atoms with Crippen molar-refractivity contribution in [3.05, 3.63) is 44.8 Å². The number of aromatic nitrogens is 5. The fourth-order valence-corrected chi connectivity index (χ4v) is 4.50. The zero-order valence-electron chi connectivity index (χ0n) is 16.5. The number of halogens is 1. The first-order valence-electron chi connectivity index (χ1n) is 8.89. The molecule has 0 spiro atoms. The first-order chi connectivity index (χ1) is 13.8. The van der Waals surface area contributed by atoms with Crippen LogP contribution in [0.2, 0.25) is 5.02 Å². The lowest BCUT2D eigenvalue weighted by Gasteiger charge is -2.21. The zero-order valence-corrected chi connectivity index (χ0v) is 18.1. The maximum Gasteiger partial charge on any atom is 0.266 e. The predicted molar refractivity (Wildman–Crippen MR) is 119 cm³/mol. The number of hydrogen-bond acceptors (Lipinski definition) is 7. The van der Waals surface area contributed by atoms with E-state index in [2.05, 4.69) is 32.1 Å². The summed E-state index contributed by atoms with van der Waals surface area (Å²) in [7, 11) is 5.35. The van der Waals surface area contributed by atoms with Gasteiger partial charge in [0.1, 0.15) is 11.1 Å². The summed E-state index contributed by atoms with van der Waals surface area (Å²) in [5, 5.41) is 12.1. The van der Waals surface area contributed by atoms with E-state index >= 15 is 0 Å². The fourth-order valence-electron chi connectivity index (χ4n) is 3.28. The summed E-state index contributed by atoms with van der Waals surface area (Å²) in [5.41, 5.74) is 3.02. The number of rotatable bonds is 5. The van der Waals surface area contributed by atoms with E-state index < -0.39 is 0 Å². The lowest BCUT2D eigenvalue weighted by Crippen LogP contribution is -2.32. The van der Waals surface area contributed by atoms with Gasteiger partial charge in [0.2, 0.25) is 5.95 Å². The maximum atomic E-state index is 13.2. The number of nitrogens with one attached hydrogen (secondary N) is 2. The highest BCUT2D eigenvalue weighted by Crippen LogP contribution is 2.38. The minimum absolute atomic E-state index is 0.202. The number of anilines is 1. The number of fused-ring (bicyclic) bond motifs is 2. The fraction of sp³-hybridized carbons (Fsp3) is 0.263. The number of nitrogens with zero attached hydrogens (tertiary/aromatic N) is 5. The average molecular weight is 430 g/mol. The molecule has 1 aromatic carbocycles. The van der Waals surface area contributed by atoms with E-state index in [9.17, 15) is 4.79 Å². The Kier molecular flexibility index (Phi) is 4.79. The minimum atomic E-state index is -0.202. The molecule has 0 aliphatic rings. The summed E-state index contributed by atoms with van der Waals surface area (Å²) in [5.74, 6) is 0.508. The van der Waals surface area contributed by atoms with Crippen LogP contribution in [-0.2, 0) is 7.05 Å². The number of hydrogen-bond donors (Lipinski definition) is 2. The van der Waals surface area contributed by atoms with Gasteiger partial charge in [-0.2, -0.15) is 10.1 Å². The van der Waals surface area contributed by atoms with Gasteiger partial charge in [0, 0.05) is 32.4 Å². The number of likely N-dealkylation sites (N-methyl/N-ethyl adjacent to an activating group) is 2. The smallest absolute Gasteiger partial charge is 0.266 e. The van der Waals surface area contributed by atoms with Gasteiger partial charge in [0.05, 0.1) is 26.8 Å². The topological polar surface area (TPSA) is 91.7 Å². The van der Waals surface area contributed by atoms with E-state index in [4.69, 9.17) is 11.6 Å². The second-order valence-electron chi connectivity index (χ2n) is 6.79. The van der Waals surface area contributed by atoms with E-state index in [1.54, 1.807) is 14.1 Å². The van der Waals surface area contributed by atoms with Gasteiger partial charge in [-0.05, 0) is 19.1 Å².